The second-order valence-electron chi connectivity index (χ2n) is 4.95. The largest absolute Gasteiger partial charge is 0.357 e. The van der Waals surface area contributed by atoms with E-state index in [4.69, 9.17) is 23.2 Å². The highest BCUT2D eigenvalue weighted by Crippen LogP contribution is 2.50. The average molecular weight is 320 g/mol. The molecule has 0 radical (unpaired) electrons. The quantitative estimate of drug-likeness (QED) is 0.593. The van der Waals surface area contributed by atoms with Crippen LogP contribution in [0, 0.1) is 0 Å². The van der Waals surface area contributed by atoms with Crippen LogP contribution >= 0.6 is 35.0 Å². The molecule has 20 heavy (non-hydrogen) atoms. The zero-order chi connectivity index (χ0) is 13.7. The van der Waals surface area contributed by atoms with E-state index in [1.165, 1.54) is 21.5 Å². The number of benzene rings is 2. The van der Waals surface area contributed by atoms with Gasteiger partial charge in [-0.1, -0.05) is 47.5 Å². The summed E-state index contributed by atoms with van der Waals surface area (Å²) in [6, 6.07) is 14.2. The van der Waals surface area contributed by atoms with E-state index >= 15 is 0 Å². The Morgan fingerprint density at radius 3 is 2.80 bits per heavy atom. The highest BCUT2D eigenvalue weighted by molar-refractivity contribution is 8.00. The Kier molecular flexibility index (Phi) is 2.99. The summed E-state index contributed by atoms with van der Waals surface area (Å²) in [4.78, 5) is 4.87. The van der Waals surface area contributed by atoms with Crippen LogP contribution in [-0.2, 0) is 6.42 Å². The Hall–Kier alpha value is -1.09. The molecule has 100 valence electrons. The highest BCUT2D eigenvalue weighted by Gasteiger charge is 2.28. The fraction of sp³-hybridized carbons (Fsp3) is 0.125. The van der Waals surface area contributed by atoms with Crippen molar-refractivity contribution in [1.82, 2.24) is 4.98 Å². The number of rotatable bonds is 1. The van der Waals surface area contributed by atoms with Crippen LogP contribution in [0.15, 0.2) is 47.4 Å². The molecular formula is C16H11Cl2NS. The van der Waals surface area contributed by atoms with Gasteiger partial charge < -0.3 is 4.98 Å². The van der Waals surface area contributed by atoms with Crippen LogP contribution in [0.4, 0.5) is 0 Å². The summed E-state index contributed by atoms with van der Waals surface area (Å²) in [5.41, 5.74) is 3.69. The van der Waals surface area contributed by atoms with Crippen molar-refractivity contribution in [1.29, 1.82) is 0 Å². The molecule has 2 heterocycles. The van der Waals surface area contributed by atoms with Crippen LogP contribution < -0.4 is 0 Å². The number of para-hydroxylation sites is 1. The van der Waals surface area contributed by atoms with E-state index in [-0.39, 0.29) is 0 Å². The van der Waals surface area contributed by atoms with Crippen LogP contribution in [0.5, 0.6) is 0 Å². The van der Waals surface area contributed by atoms with Gasteiger partial charge in [0, 0.05) is 43.2 Å². The van der Waals surface area contributed by atoms with Gasteiger partial charge in [-0.15, -0.1) is 11.8 Å². The fourth-order valence-electron chi connectivity index (χ4n) is 2.76. The first kappa shape index (κ1) is 12.6. The molecule has 4 rings (SSSR count). The number of aromatic nitrogens is 1. The van der Waals surface area contributed by atoms with Crippen molar-refractivity contribution in [3.05, 3.63) is 63.8 Å². The molecule has 0 spiro atoms. The lowest BCUT2D eigenvalue weighted by Crippen LogP contribution is -1.94. The molecule has 1 aromatic heterocycles. The van der Waals surface area contributed by atoms with Crippen molar-refractivity contribution in [3.63, 3.8) is 0 Å². The molecule has 0 amide bonds. The number of hydrogen-bond donors (Lipinski definition) is 1. The molecule has 1 unspecified atom stereocenters. The summed E-state index contributed by atoms with van der Waals surface area (Å²) in [5.74, 6) is 0. The molecule has 1 aliphatic rings. The number of halogens is 2. The summed E-state index contributed by atoms with van der Waals surface area (Å²) in [5, 5.41) is 3.11. The molecule has 1 nitrogen and oxygen atoms in total. The van der Waals surface area contributed by atoms with Gasteiger partial charge in [0.2, 0.25) is 0 Å². The van der Waals surface area contributed by atoms with E-state index < -0.39 is 0 Å². The summed E-state index contributed by atoms with van der Waals surface area (Å²) in [6.07, 6.45) is 0.982. The molecule has 3 aromatic rings. The Morgan fingerprint density at radius 2 is 1.95 bits per heavy atom. The summed E-state index contributed by atoms with van der Waals surface area (Å²) in [6.45, 7) is 0. The molecule has 1 N–H and O–H groups in total. The lowest BCUT2D eigenvalue weighted by molar-refractivity contribution is 0.921. The minimum absolute atomic E-state index is 0.366. The molecular weight excluding hydrogens is 309 g/mol. The zero-order valence-electron chi connectivity index (χ0n) is 10.5. The van der Waals surface area contributed by atoms with Crippen LogP contribution in [-0.4, -0.2) is 4.98 Å². The fourth-order valence-corrected chi connectivity index (χ4v) is 4.81. The molecule has 1 atom stereocenters. The van der Waals surface area contributed by atoms with Crippen molar-refractivity contribution in [2.75, 3.05) is 0 Å². The SMILES string of the molecule is Clc1ccc(C2Cc3[nH]c4ccccc4c3S2)c(Cl)c1. The molecule has 0 aliphatic carbocycles. The second kappa shape index (κ2) is 4.73. The maximum Gasteiger partial charge on any atom is 0.0467 e. The first-order valence-electron chi connectivity index (χ1n) is 6.43. The summed E-state index contributed by atoms with van der Waals surface area (Å²) >= 11 is 14.2. The van der Waals surface area contributed by atoms with Crippen molar-refractivity contribution in [2.24, 2.45) is 0 Å². The first-order chi connectivity index (χ1) is 9.72. The zero-order valence-corrected chi connectivity index (χ0v) is 12.8. The molecule has 1 aliphatic heterocycles. The van der Waals surface area contributed by atoms with E-state index in [0.717, 1.165) is 17.0 Å². The average Bonchev–Trinajstić information content (AvgIpc) is 2.96. The normalized spacial score (nSPS) is 17.6. The van der Waals surface area contributed by atoms with Gasteiger partial charge in [-0.3, -0.25) is 0 Å². The predicted octanol–water partition coefficient (Wildman–Crippen LogP) is 5.86. The predicted molar refractivity (Wildman–Crippen MR) is 87.1 cm³/mol. The summed E-state index contributed by atoms with van der Waals surface area (Å²) in [7, 11) is 0. The Balaban J connectivity index is 1.74. The van der Waals surface area contributed by atoms with E-state index in [2.05, 4.69) is 29.2 Å². The van der Waals surface area contributed by atoms with E-state index in [1.807, 2.05) is 30.0 Å². The van der Waals surface area contributed by atoms with Crippen LogP contribution in [0.3, 0.4) is 0 Å². The van der Waals surface area contributed by atoms with Crippen LogP contribution in [0.25, 0.3) is 10.9 Å². The van der Waals surface area contributed by atoms with Gasteiger partial charge in [0.05, 0.1) is 0 Å². The highest BCUT2D eigenvalue weighted by atomic mass is 35.5. The second-order valence-corrected chi connectivity index (χ2v) is 7.01. The Morgan fingerprint density at radius 1 is 1.10 bits per heavy atom. The van der Waals surface area contributed by atoms with Gasteiger partial charge in [0.1, 0.15) is 0 Å². The number of H-pyrrole nitrogens is 1. The lowest BCUT2D eigenvalue weighted by Gasteiger charge is -2.11. The third kappa shape index (κ3) is 1.95. The van der Waals surface area contributed by atoms with E-state index in [0.29, 0.717) is 10.3 Å². The topological polar surface area (TPSA) is 15.8 Å². The maximum absolute atomic E-state index is 6.33. The minimum atomic E-state index is 0.366. The number of hydrogen-bond acceptors (Lipinski definition) is 1. The van der Waals surface area contributed by atoms with E-state index in [9.17, 15) is 0 Å². The third-order valence-corrected chi connectivity index (χ3v) is 5.66. The third-order valence-electron chi connectivity index (χ3n) is 3.69. The maximum atomic E-state index is 6.33. The summed E-state index contributed by atoms with van der Waals surface area (Å²) < 4.78 is 0. The molecule has 4 heteroatoms. The molecule has 0 fully saturated rings. The van der Waals surface area contributed by atoms with E-state index in [1.54, 1.807) is 0 Å². The molecule has 0 bridgehead atoms. The number of nitrogens with one attached hydrogen (secondary N) is 1. The Labute approximate surface area is 131 Å². The van der Waals surface area contributed by atoms with Crippen molar-refractivity contribution in [3.8, 4) is 0 Å². The monoisotopic (exact) mass is 319 g/mol. The smallest absolute Gasteiger partial charge is 0.0467 e. The van der Waals surface area contributed by atoms with Gasteiger partial charge in [-0.2, -0.15) is 0 Å². The van der Waals surface area contributed by atoms with Gasteiger partial charge in [0.25, 0.3) is 0 Å². The minimum Gasteiger partial charge on any atom is -0.357 e. The van der Waals surface area contributed by atoms with Crippen molar-refractivity contribution >= 4 is 45.9 Å². The van der Waals surface area contributed by atoms with Crippen molar-refractivity contribution in [2.45, 2.75) is 16.6 Å². The number of fused-ring (bicyclic) bond motifs is 3. The molecule has 0 saturated heterocycles. The molecule has 0 saturated carbocycles. The van der Waals surface area contributed by atoms with Gasteiger partial charge >= 0.3 is 0 Å². The van der Waals surface area contributed by atoms with Crippen LogP contribution in [0.1, 0.15) is 16.5 Å². The van der Waals surface area contributed by atoms with Crippen LogP contribution in [0.2, 0.25) is 10.0 Å². The standard InChI is InChI=1S/C16H11Cl2NS/c17-9-5-6-10(12(18)7-9)15-8-14-16(20-15)11-3-1-2-4-13(11)19-14/h1-7,15,19H,8H2. The van der Waals surface area contributed by atoms with Crippen molar-refractivity contribution < 1.29 is 0 Å². The first-order valence-corrected chi connectivity index (χ1v) is 8.07. The number of aromatic amines is 1. The van der Waals surface area contributed by atoms with Gasteiger partial charge in [-0.05, 0) is 23.8 Å². The lowest BCUT2D eigenvalue weighted by atomic mass is 10.1. The van der Waals surface area contributed by atoms with Gasteiger partial charge in [-0.25, -0.2) is 0 Å². The van der Waals surface area contributed by atoms with Gasteiger partial charge in [0.15, 0.2) is 0 Å². The molecule has 2 aromatic carbocycles. The number of thioether (sulfide) groups is 1. The Bertz CT molecular complexity index is 809.